The lowest BCUT2D eigenvalue weighted by Gasteiger charge is -2.16. The molecule has 0 aliphatic heterocycles. The lowest BCUT2D eigenvalue weighted by Crippen LogP contribution is -2.38. The number of aromatic nitrogens is 2. The number of rotatable bonds is 7. The molecule has 0 aliphatic rings. The Kier molecular flexibility index (Phi) is 7.07. The number of amides is 1. The second-order valence-electron chi connectivity index (χ2n) is 6.44. The van der Waals surface area contributed by atoms with E-state index >= 15 is 0 Å². The SMILES string of the molecule is CC(Oc1ccc(Cl)cc1Cl)C(=O)NCCn1cnc(-c2ccc(F)cc2)cc1=O. The van der Waals surface area contributed by atoms with Crippen LogP contribution in [0.5, 0.6) is 5.75 Å². The first-order valence-electron chi connectivity index (χ1n) is 9.05. The zero-order valence-corrected chi connectivity index (χ0v) is 17.5. The van der Waals surface area contributed by atoms with Crippen LogP contribution in [0.3, 0.4) is 0 Å². The molecule has 0 saturated carbocycles. The van der Waals surface area contributed by atoms with Crippen LogP contribution >= 0.6 is 23.2 Å². The maximum absolute atomic E-state index is 13.0. The van der Waals surface area contributed by atoms with Crippen molar-refractivity contribution in [3.8, 4) is 17.0 Å². The van der Waals surface area contributed by atoms with Gasteiger partial charge in [-0.1, -0.05) is 23.2 Å². The summed E-state index contributed by atoms with van der Waals surface area (Å²) in [6, 6.07) is 11.8. The number of nitrogens with one attached hydrogen (secondary N) is 1. The molecule has 156 valence electrons. The fourth-order valence-electron chi connectivity index (χ4n) is 2.63. The molecule has 1 atom stereocenters. The number of halogens is 3. The first kappa shape index (κ1) is 21.8. The van der Waals surface area contributed by atoms with E-state index in [0.29, 0.717) is 27.1 Å². The highest BCUT2D eigenvalue weighted by molar-refractivity contribution is 6.35. The van der Waals surface area contributed by atoms with Gasteiger partial charge in [0, 0.05) is 29.7 Å². The van der Waals surface area contributed by atoms with Crippen molar-refractivity contribution in [1.82, 2.24) is 14.9 Å². The molecular weight excluding hydrogens is 432 g/mol. The molecule has 1 aromatic heterocycles. The van der Waals surface area contributed by atoms with Crippen LogP contribution < -0.4 is 15.6 Å². The van der Waals surface area contributed by atoms with Crippen LogP contribution in [0.1, 0.15) is 6.92 Å². The molecule has 6 nitrogen and oxygen atoms in total. The number of carbonyl (C=O) groups is 1. The average molecular weight is 450 g/mol. The van der Waals surface area contributed by atoms with E-state index in [9.17, 15) is 14.0 Å². The molecule has 0 saturated heterocycles. The summed E-state index contributed by atoms with van der Waals surface area (Å²) in [4.78, 5) is 28.7. The summed E-state index contributed by atoms with van der Waals surface area (Å²) < 4.78 is 19.9. The summed E-state index contributed by atoms with van der Waals surface area (Å²) in [7, 11) is 0. The standard InChI is InChI=1S/C21H18Cl2FN3O3/c1-13(30-19-7-4-15(22)10-17(19)23)21(29)25-8-9-27-12-26-18(11-20(27)28)14-2-5-16(24)6-3-14/h2-7,10-13H,8-9H2,1H3,(H,25,29). The number of hydrogen-bond acceptors (Lipinski definition) is 4. The van der Waals surface area contributed by atoms with Crippen molar-refractivity contribution < 1.29 is 13.9 Å². The second kappa shape index (κ2) is 9.73. The van der Waals surface area contributed by atoms with Gasteiger partial charge >= 0.3 is 0 Å². The van der Waals surface area contributed by atoms with E-state index in [-0.39, 0.29) is 30.4 Å². The Morgan fingerprint density at radius 1 is 1.20 bits per heavy atom. The van der Waals surface area contributed by atoms with E-state index in [1.165, 1.54) is 35.2 Å². The number of benzene rings is 2. The van der Waals surface area contributed by atoms with Gasteiger partial charge in [-0.2, -0.15) is 0 Å². The number of carbonyl (C=O) groups excluding carboxylic acids is 1. The molecule has 3 aromatic rings. The van der Waals surface area contributed by atoms with Gasteiger partial charge in [-0.05, 0) is 49.4 Å². The van der Waals surface area contributed by atoms with Gasteiger partial charge in [-0.15, -0.1) is 0 Å². The molecule has 2 aromatic carbocycles. The topological polar surface area (TPSA) is 73.2 Å². The predicted molar refractivity (Wildman–Crippen MR) is 113 cm³/mol. The van der Waals surface area contributed by atoms with Crippen molar-refractivity contribution in [3.63, 3.8) is 0 Å². The maximum atomic E-state index is 13.0. The fourth-order valence-corrected chi connectivity index (χ4v) is 3.08. The maximum Gasteiger partial charge on any atom is 0.260 e. The van der Waals surface area contributed by atoms with Gasteiger partial charge in [0.25, 0.3) is 11.5 Å². The molecule has 1 N–H and O–H groups in total. The molecule has 0 spiro atoms. The molecule has 0 fully saturated rings. The third-order valence-corrected chi connectivity index (χ3v) is 4.77. The second-order valence-corrected chi connectivity index (χ2v) is 7.28. The van der Waals surface area contributed by atoms with E-state index in [1.807, 2.05) is 0 Å². The van der Waals surface area contributed by atoms with Crippen LogP contribution in [-0.2, 0) is 11.3 Å². The van der Waals surface area contributed by atoms with Crippen molar-refractivity contribution in [1.29, 1.82) is 0 Å². The zero-order valence-electron chi connectivity index (χ0n) is 15.9. The van der Waals surface area contributed by atoms with Crippen LogP contribution in [0.15, 0.2) is 59.7 Å². The Morgan fingerprint density at radius 3 is 2.60 bits per heavy atom. The van der Waals surface area contributed by atoms with Gasteiger partial charge in [0.1, 0.15) is 11.6 Å². The van der Waals surface area contributed by atoms with E-state index < -0.39 is 6.10 Å². The van der Waals surface area contributed by atoms with E-state index in [1.54, 1.807) is 31.2 Å². The summed E-state index contributed by atoms with van der Waals surface area (Å²) in [5.74, 6) is -0.371. The van der Waals surface area contributed by atoms with Gasteiger partial charge < -0.3 is 10.1 Å². The van der Waals surface area contributed by atoms with Crippen molar-refractivity contribution in [2.24, 2.45) is 0 Å². The van der Waals surface area contributed by atoms with Crippen LogP contribution in [0.25, 0.3) is 11.3 Å². The minimum absolute atomic E-state index is 0.207. The quantitative estimate of drug-likeness (QED) is 0.592. The summed E-state index contributed by atoms with van der Waals surface area (Å²) in [5, 5.41) is 3.47. The van der Waals surface area contributed by atoms with Crippen LogP contribution in [-0.4, -0.2) is 28.1 Å². The molecule has 1 unspecified atom stereocenters. The van der Waals surface area contributed by atoms with Crippen molar-refractivity contribution in [2.75, 3.05) is 6.54 Å². The monoisotopic (exact) mass is 449 g/mol. The third kappa shape index (κ3) is 5.58. The Bertz CT molecular complexity index is 1100. The Hall–Kier alpha value is -2.90. The number of hydrogen-bond donors (Lipinski definition) is 1. The molecule has 3 rings (SSSR count). The molecule has 30 heavy (non-hydrogen) atoms. The molecular formula is C21H18Cl2FN3O3. The Balaban J connectivity index is 1.54. The van der Waals surface area contributed by atoms with Crippen LogP contribution in [0.2, 0.25) is 10.0 Å². The third-order valence-electron chi connectivity index (χ3n) is 4.24. The van der Waals surface area contributed by atoms with Gasteiger partial charge in [-0.25, -0.2) is 9.37 Å². The largest absolute Gasteiger partial charge is 0.479 e. The summed E-state index contributed by atoms with van der Waals surface area (Å²) >= 11 is 11.9. The zero-order chi connectivity index (χ0) is 21.7. The summed E-state index contributed by atoms with van der Waals surface area (Å²) in [6.07, 6.45) is 0.597. The minimum atomic E-state index is -0.792. The first-order valence-corrected chi connectivity index (χ1v) is 9.81. The van der Waals surface area contributed by atoms with Crippen molar-refractivity contribution in [2.45, 2.75) is 19.6 Å². The summed E-state index contributed by atoms with van der Waals surface area (Å²) in [5.41, 5.74) is 0.804. The highest BCUT2D eigenvalue weighted by Crippen LogP contribution is 2.28. The van der Waals surface area contributed by atoms with E-state index in [2.05, 4.69) is 10.3 Å². The molecule has 0 bridgehead atoms. The molecule has 0 aliphatic carbocycles. The molecule has 0 radical (unpaired) electrons. The Morgan fingerprint density at radius 2 is 1.93 bits per heavy atom. The van der Waals surface area contributed by atoms with Gasteiger partial charge in [-0.3, -0.25) is 14.2 Å². The van der Waals surface area contributed by atoms with Gasteiger partial charge in [0.2, 0.25) is 0 Å². The predicted octanol–water partition coefficient (Wildman–Crippen LogP) is 3.94. The highest BCUT2D eigenvalue weighted by Gasteiger charge is 2.16. The fraction of sp³-hybridized carbons (Fsp3) is 0.190. The van der Waals surface area contributed by atoms with Crippen LogP contribution in [0.4, 0.5) is 4.39 Å². The van der Waals surface area contributed by atoms with Crippen LogP contribution in [0, 0.1) is 5.82 Å². The van der Waals surface area contributed by atoms with Gasteiger partial charge in [0.15, 0.2) is 6.10 Å². The van der Waals surface area contributed by atoms with Gasteiger partial charge in [0.05, 0.1) is 17.0 Å². The van der Waals surface area contributed by atoms with E-state index in [0.717, 1.165) is 0 Å². The minimum Gasteiger partial charge on any atom is -0.479 e. The number of nitrogens with zero attached hydrogens (tertiary/aromatic N) is 2. The van der Waals surface area contributed by atoms with Crippen molar-refractivity contribution >= 4 is 29.1 Å². The first-order chi connectivity index (χ1) is 14.3. The average Bonchev–Trinajstić information content (AvgIpc) is 2.71. The molecule has 9 heteroatoms. The highest BCUT2D eigenvalue weighted by atomic mass is 35.5. The molecule has 1 amide bonds. The van der Waals surface area contributed by atoms with E-state index in [4.69, 9.17) is 27.9 Å². The Labute approximate surface area is 182 Å². The lowest BCUT2D eigenvalue weighted by atomic mass is 10.1. The molecule has 1 heterocycles. The summed E-state index contributed by atoms with van der Waals surface area (Å²) in [6.45, 7) is 2.03. The number of ether oxygens (including phenoxy) is 1. The van der Waals surface area contributed by atoms with Crippen molar-refractivity contribution in [3.05, 3.63) is 81.1 Å². The normalized spacial score (nSPS) is 11.7. The lowest BCUT2D eigenvalue weighted by molar-refractivity contribution is -0.127. The smallest absolute Gasteiger partial charge is 0.260 e.